The van der Waals surface area contributed by atoms with E-state index in [1.165, 1.54) is 0 Å². The molecule has 1 N–H and O–H groups in total. The summed E-state index contributed by atoms with van der Waals surface area (Å²) in [7, 11) is 0. The van der Waals surface area contributed by atoms with E-state index < -0.39 is 0 Å². The van der Waals surface area contributed by atoms with Gasteiger partial charge in [0.15, 0.2) is 0 Å². The van der Waals surface area contributed by atoms with Crippen molar-refractivity contribution < 1.29 is 4.74 Å². The predicted octanol–water partition coefficient (Wildman–Crippen LogP) is 0.290. The van der Waals surface area contributed by atoms with Crippen LogP contribution in [0.3, 0.4) is 0 Å². The number of rotatable bonds is 0. The zero-order valence-corrected chi connectivity index (χ0v) is 3.90. The van der Waals surface area contributed by atoms with Crippen molar-refractivity contribution in [1.82, 2.24) is 5.32 Å². The minimum absolute atomic E-state index is 0.0787. The van der Waals surface area contributed by atoms with Gasteiger partial charge in [0, 0.05) is 0 Å². The lowest BCUT2D eigenvalue weighted by atomic mass is 10.7. The highest BCUT2D eigenvalue weighted by Crippen LogP contribution is 2.01. The van der Waals surface area contributed by atoms with E-state index >= 15 is 0 Å². The van der Waals surface area contributed by atoms with Crippen LogP contribution in [0.1, 0.15) is 0 Å². The van der Waals surface area contributed by atoms with E-state index in [0.717, 1.165) is 0 Å². The molecule has 1 heterocycles. The number of halogens is 1. The minimum atomic E-state index is -0.0787. The van der Waals surface area contributed by atoms with E-state index in [0.29, 0.717) is 6.73 Å². The number of hydrogen-bond donors (Lipinski definition) is 1. The Morgan fingerprint density at radius 3 is 3.00 bits per heavy atom. The molecule has 6 heavy (non-hydrogen) atoms. The Morgan fingerprint density at radius 2 is 2.83 bits per heavy atom. The summed E-state index contributed by atoms with van der Waals surface area (Å²) in [6.45, 7) is 2.11. The zero-order valence-electron chi connectivity index (χ0n) is 3.15. The van der Waals surface area contributed by atoms with Crippen LogP contribution in [0.15, 0.2) is 0 Å². The summed E-state index contributed by atoms with van der Waals surface area (Å²) in [6.07, 6.45) is 0. The Kier molecular flexibility index (Phi) is 1.29. The maximum atomic E-state index is 5.42. The van der Waals surface area contributed by atoms with Crippen LogP contribution in [0.4, 0.5) is 0 Å². The molecule has 0 spiro atoms. The molecule has 0 saturated carbocycles. The topological polar surface area (TPSA) is 21.3 Å². The fraction of sp³-hybridized carbons (Fsp3) is 0.667. The van der Waals surface area contributed by atoms with E-state index in [9.17, 15) is 0 Å². The Hall–Kier alpha value is 0.210. The summed E-state index contributed by atoms with van der Waals surface area (Å²) in [6, 6.07) is 0. The lowest BCUT2D eigenvalue weighted by molar-refractivity contribution is 0.245. The lowest BCUT2D eigenvalue weighted by Gasteiger charge is -1.87. The van der Waals surface area contributed by atoms with Crippen molar-refractivity contribution >= 4 is 11.6 Å². The molecule has 35 valence electrons. The standard InChI is InChI=1S/C3H5ClNO/c4-3-1-6-2-5-3/h1,3,5H,2H2. The Labute approximate surface area is 41.4 Å². The fourth-order valence-corrected chi connectivity index (χ4v) is 0.444. The van der Waals surface area contributed by atoms with Gasteiger partial charge in [-0.25, -0.2) is 0 Å². The lowest BCUT2D eigenvalue weighted by Crippen LogP contribution is -2.13. The summed E-state index contributed by atoms with van der Waals surface area (Å²) < 4.78 is 4.69. The van der Waals surface area contributed by atoms with Gasteiger partial charge in [-0.3, -0.25) is 5.32 Å². The minimum Gasteiger partial charge on any atom is -0.357 e. The first kappa shape index (κ1) is 4.37. The van der Waals surface area contributed by atoms with Gasteiger partial charge < -0.3 is 4.74 Å². The maximum Gasteiger partial charge on any atom is 0.117 e. The first-order valence-corrected chi connectivity index (χ1v) is 2.15. The largest absolute Gasteiger partial charge is 0.357 e. The molecule has 1 unspecified atom stereocenters. The molecule has 0 aromatic carbocycles. The SMILES string of the molecule is ClC1[CH]OCN1. The second-order valence-electron chi connectivity index (χ2n) is 1.05. The molecule has 3 heteroatoms. The predicted molar refractivity (Wildman–Crippen MR) is 23.0 cm³/mol. The van der Waals surface area contributed by atoms with Gasteiger partial charge in [-0.15, -0.1) is 11.6 Å². The van der Waals surface area contributed by atoms with Crippen molar-refractivity contribution in [2.24, 2.45) is 0 Å². The third kappa shape index (κ3) is 0.834. The average molecular weight is 107 g/mol. The van der Waals surface area contributed by atoms with Crippen LogP contribution in [-0.4, -0.2) is 12.2 Å². The third-order valence-electron chi connectivity index (χ3n) is 0.577. The molecule has 1 rings (SSSR count). The van der Waals surface area contributed by atoms with Gasteiger partial charge in [-0.1, -0.05) is 0 Å². The van der Waals surface area contributed by atoms with Crippen molar-refractivity contribution in [3.05, 3.63) is 6.61 Å². The van der Waals surface area contributed by atoms with Crippen LogP contribution in [0.5, 0.6) is 0 Å². The summed E-state index contributed by atoms with van der Waals surface area (Å²) >= 11 is 5.42. The van der Waals surface area contributed by atoms with Crippen LogP contribution in [-0.2, 0) is 4.74 Å². The molecule has 0 aromatic rings. The second kappa shape index (κ2) is 1.78. The van der Waals surface area contributed by atoms with E-state index in [-0.39, 0.29) is 5.50 Å². The molecule has 1 aliphatic heterocycles. The van der Waals surface area contributed by atoms with Gasteiger partial charge >= 0.3 is 0 Å². The number of nitrogens with one attached hydrogen (secondary N) is 1. The van der Waals surface area contributed by atoms with Crippen LogP contribution in [0.2, 0.25) is 0 Å². The molecule has 0 aliphatic carbocycles. The molecular formula is C3H5ClNO. The first-order valence-electron chi connectivity index (χ1n) is 1.72. The smallest absolute Gasteiger partial charge is 0.117 e. The van der Waals surface area contributed by atoms with Crippen molar-refractivity contribution in [3.63, 3.8) is 0 Å². The normalized spacial score (nSPS) is 34.5. The quantitative estimate of drug-likeness (QED) is 0.354. The highest BCUT2D eigenvalue weighted by Gasteiger charge is 2.09. The Balaban J connectivity index is 2.18. The molecule has 1 fully saturated rings. The number of hydrogen-bond acceptors (Lipinski definition) is 2. The van der Waals surface area contributed by atoms with Crippen molar-refractivity contribution in [1.29, 1.82) is 0 Å². The van der Waals surface area contributed by atoms with Gasteiger partial charge in [0.1, 0.15) is 12.1 Å². The van der Waals surface area contributed by atoms with Crippen LogP contribution in [0, 0.1) is 6.61 Å². The van der Waals surface area contributed by atoms with Crippen LogP contribution in [0.25, 0.3) is 0 Å². The number of ether oxygens (including phenoxy) is 1. The molecule has 0 bridgehead atoms. The van der Waals surface area contributed by atoms with Gasteiger partial charge in [-0.2, -0.15) is 0 Å². The molecule has 1 aliphatic rings. The molecule has 2 nitrogen and oxygen atoms in total. The van der Waals surface area contributed by atoms with Crippen LogP contribution >= 0.6 is 11.6 Å². The van der Waals surface area contributed by atoms with E-state index in [2.05, 4.69) is 10.1 Å². The highest BCUT2D eigenvalue weighted by atomic mass is 35.5. The molecule has 0 amide bonds. The molecule has 0 aromatic heterocycles. The Morgan fingerprint density at radius 1 is 2.00 bits per heavy atom. The first-order chi connectivity index (χ1) is 2.89. The summed E-state index contributed by atoms with van der Waals surface area (Å²) in [5.74, 6) is 0. The molecule has 1 atom stereocenters. The zero-order chi connectivity index (χ0) is 4.41. The number of alkyl halides is 1. The summed E-state index contributed by atoms with van der Waals surface area (Å²) in [5.41, 5.74) is -0.0787. The summed E-state index contributed by atoms with van der Waals surface area (Å²) in [4.78, 5) is 0. The van der Waals surface area contributed by atoms with Crippen molar-refractivity contribution in [2.75, 3.05) is 6.73 Å². The van der Waals surface area contributed by atoms with Gasteiger partial charge in [-0.05, 0) is 0 Å². The van der Waals surface area contributed by atoms with Gasteiger partial charge in [0.2, 0.25) is 0 Å². The van der Waals surface area contributed by atoms with Crippen molar-refractivity contribution in [3.8, 4) is 0 Å². The van der Waals surface area contributed by atoms with E-state index in [4.69, 9.17) is 11.6 Å². The van der Waals surface area contributed by atoms with Gasteiger partial charge in [0.05, 0.1) is 6.73 Å². The van der Waals surface area contributed by atoms with Crippen molar-refractivity contribution in [2.45, 2.75) is 5.50 Å². The third-order valence-corrected chi connectivity index (χ3v) is 0.835. The summed E-state index contributed by atoms with van der Waals surface area (Å²) in [5, 5.41) is 2.81. The second-order valence-corrected chi connectivity index (χ2v) is 1.52. The van der Waals surface area contributed by atoms with Gasteiger partial charge in [0.25, 0.3) is 0 Å². The highest BCUT2D eigenvalue weighted by molar-refractivity contribution is 6.21. The average Bonchev–Trinajstić information content (AvgIpc) is 1.86. The molecule has 1 saturated heterocycles. The van der Waals surface area contributed by atoms with E-state index in [1.807, 2.05) is 0 Å². The van der Waals surface area contributed by atoms with E-state index in [1.54, 1.807) is 6.61 Å². The fourth-order valence-electron chi connectivity index (χ4n) is 0.308. The molecular weight excluding hydrogens is 101 g/mol. The van der Waals surface area contributed by atoms with Crippen LogP contribution < -0.4 is 5.32 Å². The monoisotopic (exact) mass is 106 g/mol. The maximum absolute atomic E-state index is 5.42. The molecule has 1 radical (unpaired) electrons. The Bertz CT molecular complexity index is 44.1.